The van der Waals surface area contributed by atoms with Crippen LogP contribution in [0.5, 0.6) is 5.75 Å². The highest BCUT2D eigenvalue weighted by molar-refractivity contribution is 14.1. The summed E-state index contributed by atoms with van der Waals surface area (Å²) in [5.74, 6) is -1.56. The Morgan fingerprint density at radius 3 is 2.67 bits per heavy atom. The largest absolute Gasteiger partial charge is 0.573 e. The predicted octanol–water partition coefficient (Wildman–Crippen LogP) is 2.56. The van der Waals surface area contributed by atoms with E-state index >= 15 is 0 Å². The first-order valence-electron chi connectivity index (χ1n) is 4.21. The van der Waals surface area contributed by atoms with Crippen molar-refractivity contribution >= 4 is 28.4 Å². The van der Waals surface area contributed by atoms with E-state index in [9.17, 15) is 23.3 Å². The third-order valence-electron chi connectivity index (χ3n) is 1.69. The maximum Gasteiger partial charge on any atom is 0.573 e. The van der Waals surface area contributed by atoms with Crippen LogP contribution in [-0.2, 0) is 6.42 Å². The fourth-order valence-electron chi connectivity index (χ4n) is 1.05. The number of alkyl halides is 3. The summed E-state index contributed by atoms with van der Waals surface area (Å²) in [6.45, 7) is 0. The lowest BCUT2D eigenvalue weighted by Crippen LogP contribution is -2.19. The van der Waals surface area contributed by atoms with Gasteiger partial charge in [-0.05, 0) is 9.91 Å². The number of ether oxygens (including phenoxy) is 1. The Bertz CT molecular complexity index is 527. The van der Waals surface area contributed by atoms with Gasteiger partial charge in [-0.2, -0.15) is 5.26 Å². The van der Waals surface area contributed by atoms with E-state index in [1.165, 1.54) is 22.6 Å². The number of rotatable bonds is 3. The summed E-state index contributed by atoms with van der Waals surface area (Å²) in [6.07, 6.45) is -5.39. The van der Waals surface area contributed by atoms with Crippen LogP contribution in [0, 0.1) is 25.1 Å². The Balaban J connectivity index is 3.34. The molecule has 0 aliphatic rings. The Morgan fingerprint density at radius 2 is 2.22 bits per heavy atom. The van der Waals surface area contributed by atoms with E-state index in [0.717, 1.165) is 0 Å². The zero-order valence-corrected chi connectivity index (χ0v) is 10.5. The van der Waals surface area contributed by atoms with Crippen LogP contribution in [0.3, 0.4) is 0 Å². The number of nitrogens with zero attached hydrogens (tertiary/aromatic N) is 3. The summed E-state index contributed by atoms with van der Waals surface area (Å²) in [5, 5.41) is 19.0. The molecule has 0 aromatic carbocycles. The molecular weight excluding hydrogens is 370 g/mol. The molecular formula is C8H3F3IN3O3. The molecule has 1 heterocycles. The third kappa shape index (κ3) is 3.69. The number of aromatic nitrogens is 1. The minimum absolute atomic E-state index is 0.0809. The van der Waals surface area contributed by atoms with Crippen molar-refractivity contribution in [2.24, 2.45) is 0 Å². The van der Waals surface area contributed by atoms with Gasteiger partial charge in [0, 0.05) is 22.6 Å². The second-order valence-electron chi connectivity index (χ2n) is 2.89. The SMILES string of the molecule is N#CCc1c(OC(F)(F)F)cc([N+](=O)[O-])nc1I. The first-order chi connectivity index (χ1) is 8.24. The summed E-state index contributed by atoms with van der Waals surface area (Å²) < 4.78 is 40.0. The van der Waals surface area contributed by atoms with Crippen LogP contribution in [0.25, 0.3) is 0 Å². The molecule has 1 rings (SSSR count). The van der Waals surface area contributed by atoms with Gasteiger partial charge in [0.25, 0.3) is 0 Å². The van der Waals surface area contributed by atoms with Gasteiger partial charge in [-0.15, -0.1) is 13.2 Å². The molecule has 0 fully saturated rings. The maximum absolute atomic E-state index is 12.1. The molecule has 10 heteroatoms. The van der Waals surface area contributed by atoms with E-state index in [2.05, 4.69) is 9.72 Å². The van der Waals surface area contributed by atoms with Crippen LogP contribution in [0.1, 0.15) is 5.56 Å². The number of halogens is 4. The molecule has 0 aliphatic heterocycles. The van der Waals surface area contributed by atoms with Gasteiger partial charge in [0.15, 0.2) is 0 Å². The van der Waals surface area contributed by atoms with Crippen LogP contribution in [0.2, 0.25) is 0 Å². The molecule has 18 heavy (non-hydrogen) atoms. The van der Waals surface area contributed by atoms with Gasteiger partial charge in [-0.3, -0.25) is 0 Å². The van der Waals surface area contributed by atoms with Crippen molar-refractivity contribution in [1.82, 2.24) is 4.98 Å². The number of hydrogen-bond acceptors (Lipinski definition) is 5. The van der Waals surface area contributed by atoms with Crippen LogP contribution in [-0.4, -0.2) is 16.3 Å². The molecule has 0 saturated heterocycles. The Labute approximate surface area is 112 Å². The van der Waals surface area contributed by atoms with Crippen LogP contribution in [0.4, 0.5) is 19.0 Å². The van der Waals surface area contributed by atoms with Crippen molar-refractivity contribution in [3.8, 4) is 11.8 Å². The minimum Gasteiger partial charge on any atom is -0.405 e. The summed E-state index contributed by atoms with van der Waals surface area (Å²) >= 11 is 1.51. The molecule has 0 unspecified atom stereocenters. The molecule has 0 saturated carbocycles. The molecule has 0 spiro atoms. The summed E-state index contributed by atoms with van der Waals surface area (Å²) in [4.78, 5) is 13.0. The fourth-order valence-corrected chi connectivity index (χ4v) is 1.76. The maximum atomic E-state index is 12.1. The van der Waals surface area contributed by atoms with Crippen molar-refractivity contribution in [2.75, 3.05) is 0 Å². The minimum atomic E-state index is -5.00. The third-order valence-corrected chi connectivity index (χ3v) is 2.58. The Morgan fingerprint density at radius 1 is 1.61 bits per heavy atom. The van der Waals surface area contributed by atoms with Gasteiger partial charge in [-0.1, -0.05) is 0 Å². The quantitative estimate of drug-likeness (QED) is 0.352. The van der Waals surface area contributed by atoms with Gasteiger partial charge in [0.2, 0.25) is 3.70 Å². The summed E-state index contributed by atoms with van der Waals surface area (Å²) in [5.41, 5.74) is -0.138. The number of pyridine rings is 1. The van der Waals surface area contributed by atoms with Gasteiger partial charge in [0.1, 0.15) is 5.75 Å². The molecule has 1 aromatic rings. The first-order valence-corrected chi connectivity index (χ1v) is 5.29. The molecule has 0 amide bonds. The normalized spacial score (nSPS) is 10.8. The van der Waals surface area contributed by atoms with Gasteiger partial charge in [0.05, 0.1) is 24.1 Å². The van der Waals surface area contributed by atoms with Crippen molar-refractivity contribution in [1.29, 1.82) is 5.26 Å². The highest BCUT2D eigenvalue weighted by Crippen LogP contribution is 2.31. The average Bonchev–Trinajstić information content (AvgIpc) is 2.20. The summed E-state index contributed by atoms with van der Waals surface area (Å²) in [6, 6.07) is 2.18. The Hall–Kier alpha value is -1.64. The highest BCUT2D eigenvalue weighted by atomic mass is 127. The fraction of sp³-hybridized carbons (Fsp3) is 0.250. The molecule has 0 aliphatic carbocycles. The second kappa shape index (κ2) is 5.34. The van der Waals surface area contributed by atoms with E-state index in [-0.39, 0.29) is 9.26 Å². The number of nitriles is 1. The van der Waals surface area contributed by atoms with Crippen LogP contribution < -0.4 is 4.74 Å². The number of nitro groups is 1. The van der Waals surface area contributed by atoms with Crippen molar-refractivity contribution in [3.63, 3.8) is 0 Å². The van der Waals surface area contributed by atoms with Crippen LogP contribution in [0.15, 0.2) is 6.07 Å². The lowest BCUT2D eigenvalue weighted by Gasteiger charge is -2.11. The zero-order chi connectivity index (χ0) is 13.9. The van der Waals surface area contributed by atoms with E-state index in [4.69, 9.17) is 5.26 Å². The van der Waals surface area contributed by atoms with Crippen molar-refractivity contribution in [2.45, 2.75) is 12.8 Å². The molecule has 0 N–H and O–H groups in total. The topological polar surface area (TPSA) is 89.0 Å². The molecule has 1 aromatic heterocycles. The smallest absolute Gasteiger partial charge is 0.405 e. The van der Waals surface area contributed by atoms with E-state index < -0.39 is 29.3 Å². The zero-order valence-electron chi connectivity index (χ0n) is 8.36. The molecule has 0 bridgehead atoms. The monoisotopic (exact) mass is 373 g/mol. The summed E-state index contributed by atoms with van der Waals surface area (Å²) in [7, 11) is 0. The van der Waals surface area contributed by atoms with E-state index in [1.54, 1.807) is 6.07 Å². The molecule has 96 valence electrons. The molecule has 0 atom stereocenters. The molecule has 0 radical (unpaired) electrons. The Kier molecular flexibility index (Phi) is 4.28. The van der Waals surface area contributed by atoms with Gasteiger partial charge < -0.3 is 14.9 Å². The predicted molar refractivity (Wildman–Crippen MR) is 59.6 cm³/mol. The van der Waals surface area contributed by atoms with Gasteiger partial charge in [-0.25, -0.2) is 0 Å². The van der Waals surface area contributed by atoms with E-state index in [1.807, 2.05) is 0 Å². The highest BCUT2D eigenvalue weighted by Gasteiger charge is 2.34. The lowest BCUT2D eigenvalue weighted by molar-refractivity contribution is -0.389. The van der Waals surface area contributed by atoms with Crippen molar-refractivity contribution < 1.29 is 22.8 Å². The standard InChI is InChI=1S/C8H3F3IN3O3/c9-8(10,11)18-5-3-6(15(16)17)14-7(12)4(5)1-2-13/h3H,1H2. The lowest BCUT2D eigenvalue weighted by atomic mass is 10.2. The second-order valence-corrected chi connectivity index (χ2v) is 3.91. The molecule has 6 nitrogen and oxygen atoms in total. The van der Waals surface area contributed by atoms with Gasteiger partial charge >= 0.3 is 12.2 Å². The number of hydrogen-bond donors (Lipinski definition) is 0. The first kappa shape index (κ1) is 14.4. The van der Waals surface area contributed by atoms with Crippen LogP contribution >= 0.6 is 22.6 Å². The van der Waals surface area contributed by atoms with Crippen molar-refractivity contribution in [3.05, 3.63) is 25.4 Å². The van der Waals surface area contributed by atoms with E-state index in [0.29, 0.717) is 6.07 Å². The average molecular weight is 373 g/mol.